The van der Waals surface area contributed by atoms with Gasteiger partial charge < -0.3 is 5.32 Å². The topological polar surface area (TPSA) is 46.9 Å². The summed E-state index contributed by atoms with van der Waals surface area (Å²) in [5.74, 6) is -2.45. The van der Waals surface area contributed by atoms with E-state index in [1.54, 1.807) is 0 Å². The van der Waals surface area contributed by atoms with Crippen LogP contribution >= 0.6 is 11.8 Å². The maximum atomic E-state index is 13.8. The number of aromatic nitrogens is 2. The highest BCUT2D eigenvalue weighted by Gasteiger charge is 2.31. The lowest BCUT2D eigenvalue weighted by molar-refractivity contribution is -0.0328. The number of hydrogen-bond donors (Lipinski definition) is 1. The molecule has 0 aliphatic carbocycles. The Morgan fingerprint density at radius 2 is 1.96 bits per heavy atom. The highest BCUT2D eigenvalue weighted by molar-refractivity contribution is 8.00. The molecule has 136 valence electrons. The number of alkyl halides is 5. The van der Waals surface area contributed by atoms with Gasteiger partial charge in [0.1, 0.15) is 11.3 Å². The molecule has 4 nitrogen and oxygen atoms in total. The Morgan fingerprint density at radius 3 is 2.56 bits per heavy atom. The minimum atomic E-state index is -4.53. The summed E-state index contributed by atoms with van der Waals surface area (Å²) in [6, 6.07) is 5.38. The first-order chi connectivity index (χ1) is 11.6. The minimum Gasteiger partial charge on any atom is -0.348 e. The van der Waals surface area contributed by atoms with Gasteiger partial charge in [0.05, 0.1) is 0 Å². The number of hydrogen-bond acceptors (Lipinski definition) is 3. The summed E-state index contributed by atoms with van der Waals surface area (Å²) in [6.07, 6.45) is -3.18. The van der Waals surface area contributed by atoms with Crippen molar-refractivity contribution in [2.24, 2.45) is 7.05 Å². The fraction of sp³-hybridized carbons (Fsp3) is 0.286. The molecule has 11 heteroatoms. The fourth-order valence-corrected chi connectivity index (χ4v) is 2.69. The summed E-state index contributed by atoms with van der Waals surface area (Å²) in [7, 11) is 1.05. The molecule has 2 aromatic rings. The van der Waals surface area contributed by atoms with Crippen molar-refractivity contribution in [2.45, 2.75) is 23.4 Å². The number of rotatable bonds is 5. The number of carbonyl (C=O) groups is 1. The molecule has 0 radical (unpaired) electrons. The summed E-state index contributed by atoms with van der Waals surface area (Å²) in [4.78, 5) is 11.9. The highest BCUT2D eigenvalue weighted by atomic mass is 32.2. The number of carbonyl (C=O) groups excluding carboxylic acids is 1. The Bertz CT molecular complexity index is 774. The molecule has 0 fully saturated rings. The molecule has 25 heavy (non-hydrogen) atoms. The van der Waals surface area contributed by atoms with Gasteiger partial charge in [0.15, 0.2) is 0 Å². The molecule has 0 atom stereocenters. The molecule has 0 bridgehead atoms. The van der Waals surface area contributed by atoms with Gasteiger partial charge in [0, 0.05) is 18.5 Å². The van der Waals surface area contributed by atoms with Crippen LogP contribution in [0.1, 0.15) is 28.0 Å². The van der Waals surface area contributed by atoms with Gasteiger partial charge in [-0.15, -0.1) is 0 Å². The van der Waals surface area contributed by atoms with Crippen LogP contribution in [-0.2, 0) is 13.6 Å². The number of nitrogens with one attached hydrogen (secondary N) is 1. The van der Waals surface area contributed by atoms with Crippen molar-refractivity contribution in [1.29, 1.82) is 0 Å². The maximum Gasteiger partial charge on any atom is 0.446 e. The van der Waals surface area contributed by atoms with E-state index in [-0.39, 0.29) is 22.2 Å². The standard InChI is InChI=1S/C14H11F6N3OS/c1-23-12(17)9(10(22-23)11(15)16)13(24)21-6-7-4-2-3-5-8(7)25-14(18,19)20/h2-5,11H,6H2,1H3,(H,21,24). The summed E-state index contributed by atoms with van der Waals surface area (Å²) in [5, 5.41) is 5.37. The first-order valence-electron chi connectivity index (χ1n) is 6.72. The van der Waals surface area contributed by atoms with E-state index in [9.17, 15) is 31.1 Å². The highest BCUT2D eigenvalue weighted by Crippen LogP contribution is 2.38. The van der Waals surface area contributed by atoms with Crippen LogP contribution in [0.15, 0.2) is 29.2 Å². The molecule has 0 saturated heterocycles. The Balaban J connectivity index is 2.19. The second-order valence-electron chi connectivity index (χ2n) is 4.81. The zero-order chi connectivity index (χ0) is 18.8. The predicted octanol–water partition coefficient (Wildman–Crippen LogP) is 4.04. The number of halogens is 6. The van der Waals surface area contributed by atoms with Crippen LogP contribution in [0, 0.1) is 5.95 Å². The number of nitrogens with zero attached hydrogens (tertiary/aromatic N) is 2. The quantitative estimate of drug-likeness (QED) is 0.626. The Kier molecular flexibility index (Phi) is 5.65. The number of aryl methyl sites for hydroxylation is 1. The largest absolute Gasteiger partial charge is 0.446 e. The Hall–Kier alpha value is -2.17. The van der Waals surface area contributed by atoms with Crippen LogP contribution in [0.5, 0.6) is 0 Å². The van der Waals surface area contributed by atoms with E-state index in [4.69, 9.17) is 0 Å². The lowest BCUT2D eigenvalue weighted by Crippen LogP contribution is -2.25. The monoisotopic (exact) mass is 383 g/mol. The van der Waals surface area contributed by atoms with Crippen LogP contribution in [0.4, 0.5) is 26.3 Å². The number of thioether (sulfide) groups is 1. The molecule has 2 rings (SSSR count). The molecule has 0 saturated carbocycles. The lowest BCUT2D eigenvalue weighted by atomic mass is 10.2. The van der Waals surface area contributed by atoms with Gasteiger partial charge in [-0.3, -0.25) is 4.79 Å². The average Bonchev–Trinajstić information content (AvgIpc) is 2.80. The van der Waals surface area contributed by atoms with Gasteiger partial charge >= 0.3 is 5.51 Å². The normalized spacial score (nSPS) is 11.8. The van der Waals surface area contributed by atoms with E-state index in [1.807, 2.05) is 0 Å². The third kappa shape index (κ3) is 4.68. The van der Waals surface area contributed by atoms with Gasteiger partial charge in [0.2, 0.25) is 5.95 Å². The summed E-state index contributed by atoms with van der Waals surface area (Å²) in [6.45, 7) is -0.394. The molecular formula is C14H11F6N3OS. The molecule has 0 aliphatic heterocycles. The van der Waals surface area contributed by atoms with Gasteiger partial charge in [-0.25, -0.2) is 13.5 Å². The molecule has 1 heterocycles. The van der Waals surface area contributed by atoms with Crippen LogP contribution in [0.2, 0.25) is 0 Å². The molecule has 1 amide bonds. The summed E-state index contributed by atoms with van der Waals surface area (Å²) < 4.78 is 77.5. The second-order valence-corrected chi connectivity index (χ2v) is 5.92. The first kappa shape index (κ1) is 19.2. The lowest BCUT2D eigenvalue weighted by Gasteiger charge is -2.12. The molecule has 0 aliphatic rings. The van der Waals surface area contributed by atoms with Crippen LogP contribution < -0.4 is 5.32 Å². The van der Waals surface area contributed by atoms with Crippen molar-refractivity contribution < 1.29 is 31.1 Å². The van der Waals surface area contributed by atoms with E-state index in [1.165, 1.54) is 24.3 Å². The molecule has 0 unspecified atom stereocenters. The smallest absolute Gasteiger partial charge is 0.348 e. The third-order valence-electron chi connectivity index (χ3n) is 3.08. The molecule has 1 aromatic carbocycles. The van der Waals surface area contributed by atoms with Crippen molar-refractivity contribution >= 4 is 17.7 Å². The zero-order valence-electron chi connectivity index (χ0n) is 12.6. The summed E-state index contributed by atoms with van der Waals surface area (Å²) >= 11 is -0.372. The molecule has 0 spiro atoms. The van der Waals surface area contributed by atoms with Gasteiger partial charge in [-0.05, 0) is 23.4 Å². The first-order valence-corrected chi connectivity index (χ1v) is 7.54. The van der Waals surface area contributed by atoms with E-state index < -0.39 is 41.6 Å². The van der Waals surface area contributed by atoms with E-state index >= 15 is 0 Å². The van der Waals surface area contributed by atoms with Crippen LogP contribution in [0.25, 0.3) is 0 Å². The third-order valence-corrected chi connectivity index (χ3v) is 3.93. The van der Waals surface area contributed by atoms with Crippen molar-refractivity contribution in [1.82, 2.24) is 15.1 Å². The van der Waals surface area contributed by atoms with Crippen molar-refractivity contribution in [3.63, 3.8) is 0 Å². The SMILES string of the molecule is Cn1nc(C(F)F)c(C(=O)NCc2ccccc2SC(F)(F)F)c1F. The van der Waals surface area contributed by atoms with E-state index in [0.717, 1.165) is 7.05 Å². The Morgan fingerprint density at radius 1 is 1.32 bits per heavy atom. The van der Waals surface area contributed by atoms with Gasteiger partial charge in [-0.2, -0.15) is 22.7 Å². The zero-order valence-corrected chi connectivity index (χ0v) is 13.4. The average molecular weight is 383 g/mol. The predicted molar refractivity (Wildman–Crippen MR) is 77.6 cm³/mol. The van der Waals surface area contributed by atoms with Crippen molar-refractivity contribution in [3.8, 4) is 0 Å². The van der Waals surface area contributed by atoms with Gasteiger partial charge in [0.25, 0.3) is 12.3 Å². The second kappa shape index (κ2) is 7.38. The number of benzene rings is 1. The van der Waals surface area contributed by atoms with E-state index in [2.05, 4.69) is 10.4 Å². The Labute approximate surface area is 142 Å². The van der Waals surface area contributed by atoms with Gasteiger partial charge in [-0.1, -0.05) is 18.2 Å². The maximum absolute atomic E-state index is 13.8. The molecule has 1 N–H and O–H groups in total. The van der Waals surface area contributed by atoms with Crippen molar-refractivity contribution in [2.75, 3.05) is 0 Å². The fourth-order valence-electron chi connectivity index (χ4n) is 2.02. The van der Waals surface area contributed by atoms with Crippen molar-refractivity contribution in [3.05, 3.63) is 47.0 Å². The van der Waals surface area contributed by atoms with Crippen LogP contribution in [0.3, 0.4) is 0 Å². The summed E-state index contributed by atoms with van der Waals surface area (Å²) in [5.41, 5.74) is -6.38. The molecular weight excluding hydrogens is 372 g/mol. The minimum absolute atomic E-state index is 0.112. The number of amides is 1. The van der Waals surface area contributed by atoms with E-state index in [0.29, 0.717) is 4.68 Å². The van der Waals surface area contributed by atoms with Crippen LogP contribution in [-0.4, -0.2) is 21.2 Å². The molecule has 1 aromatic heterocycles.